The molecule has 0 aliphatic carbocycles. The molecule has 0 radical (unpaired) electrons. The predicted molar refractivity (Wildman–Crippen MR) is 80.8 cm³/mol. The number of amides is 1. The van der Waals surface area contributed by atoms with Gasteiger partial charge in [-0.05, 0) is 44.2 Å². The number of hydrogen-bond donors (Lipinski definition) is 2. The van der Waals surface area contributed by atoms with E-state index in [1.165, 1.54) is 0 Å². The van der Waals surface area contributed by atoms with E-state index < -0.39 is 5.91 Å². The Morgan fingerprint density at radius 2 is 2.20 bits per heavy atom. The van der Waals surface area contributed by atoms with Crippen molar-refractivity contribution in [3.63, 3.8) is 0 Å². The molecule has 2 atom stereocenters. The van der Waals surface area contributed by atoms with Crippen LogP contribution in [0.3, 0.4) is 0 Å². The van der Waals surface area contributed by atoms with Gasteiger partial charge in [0.2, 0.25) is 0 Å². The molecular formula is C15H24N4O. The van der Waals surface area contributed by atoms with Gasteiger partial charge in [-0.15, -0.1) is 0 Å². The smallest absolute Gasteiger partial charge is 0.252 e. The van der Waals surface area contributed by atoms with E-state index in [1.54, 1.807) is 0 Å². The van der Waals surface area contributed by atoms with Crippen molar-refractivity contribution in [1.82, 2.24) is 4.98 Å². The lowest BCUT2D eigenvalue weighted by atomic mass is 9.91. The maximum atomic E-state index is 11.8. The molecule has 2 heterocycles. The van der Waals surface area contributed by atoms with Crippen molar-refractivity contribution in [2.24, 2.45) is 17.4 Å². The summed E-state index contributed by atoms with van der Waals surface area (Å²) >= 11 is 0. The molecule has 1 saturated heterocycles. The van der Waals surface area contributed by atoms with Crippen LogP contribution >= 0.6 is 0 Å². The van der Waals surface area contributed by atoms with Gasteiger partial charge in [0.25, 0.3) is 5.91 Å². The zero-order valence-electron chi connectivity index (χ0n) is 12.5. The minimum Gasteiger partial charge on any atom is -0.365 e. The highest BCUT2D eigenvalue weighted by Gasteiger charge is 2.29. The van der Waals surface area contributed by atoms with Crippen molar-refractivity contribution in [1.29, 1.82) is 0 Å². The average Bonchev–Trinajstić information content (AvgIpc) is 2.36. The third kappa shape index (κ3) is 2.77. The molecule has 1 aromatic heterocycles. The monoisotopic (exact) mass is 276 g/mol. The number of carbonyl (C=O) groups excluding carboxylic acids is 1. The molecule has 1 amide bonds. The van der Waals surface area contributed by atoms with E-state index in [1.807, 2.05) is 19.9 Å². The van der Waals surface area contributed by atoms with Gasteiger partial charge in [-0.1, -0.05) is 6.92 Å². The fraction of sp³-hybridized carbons (Fsp3) is 0.600. The van der Waals surface area contributed by atoms with E-state index in [-0.39, 0.29) is 6.04 Å². The van der Waals surface area contributed by atoms with Gasteiger partial charge in [-0.25, -0.2) is 4.98 Å². The minimum atomic E-state index is -0.417. The summed E-state index contributed by atoms with van der Waals surface area (Å²) < 4.78 is 0. The summed E-state index contributed by atoms with van der Waals surface area (Å²) in [5.41, 5.74) is 13.8. The number of nitrogens with two attached hydrogens (primary N) is 2. The lowest BCUT2D eigenvalue weighted by Crippen LogP contribution is -2.47. The van der Waals surface area contributed by atoms with Gasteiger partial charge in [-0.2, -0.15) is 0 Å². The summed E-state index contributed by atoms with van der Waals surface area (Å²) in [4.78, 5) is 18.5. The molecule has 0 spiro atoms. The van der Waals surface area contributed by atoms with Crippen molar-refractivity contribution >= 4 is 11.7 Å². The van der Waals surface area contributed by atoms with E-state index in [9.17, 15) is 4.79 Å². The van der Waals surface area contributed by atoms with E-state index in [4.69, 9.17) is 11.5 Å². The van der Waals surface area contributed by atoms with Gasteiger partial charge in [0.1, 0.15) is 5.82 Å². The van der Waals surface area contributed by atoms with Gasteiger partial charge in [-0.3, -0.25) is 4.79 Å². The van der Waals surface area contributed by atoms with Crippen LogP contribution in [-0.2, 0) is 0 Å². The van der Waals surface area contributed by atoms with Crippen LogP contribution in [0.5, 0.6) is 0 Å². The maximum Gasteiger partial charge on any atom is 0.252 e. The molecule has 0 saturated carbocycles. The van der Waals surface area contributed by atoms with Crippen LogP contribution in [0.1, 0.15) is 41.4 Å². The van der Waals surface area contributed by atoms with Crippen molar-refractivity contribution in [2.75, 3.05) is 18.0 Å². The number of primary amides is 1. The van der Waals surface area contributed by atoms with E-state index >= 15 is 0 Å². The van der Waals surface area contributed by atoms with Gasteiger partial charge >= 0.3 is 0 Å². The number of aromatic nitrogens is 1. The van der Waals surface area contributed by atoms with Crippen LogP contribution in [0, 0.1) is 19.8 Å². The Bertz CT molecular complexity index is 515. The zero-order valence-corrected chi connectivity index (χ0v) is 12.5. The first-order chi connectivity index (χ1) is 9.43. The molecule has 20 heavy (non-hydrogen) atoms. The lowest BCUT2D eigenvalue weighted by molar-refractivity contribution is 0.0999. The molecule has 110 valence electrons. The summed E-state index contributed by atoms with van der Waals surface area (Å²) in [6.45, 7) is 7.52. The molecule has 5 nitrogen and oxygen atoms in total. The first kappa shape index (κ1) is 14.8. The second kappa shape index (κ2) is 5.79. The van der Waals surface area contributed by atoms with Gasteiger partial charge in [0, 0.05) is 24.8 Å². The standard InChI is InChI=1S/C15H24N4O/c1-9-4-5-19(12(6-9)8-16)15-13(14(17)20)10(2)7-11(3)18-15/h7,9,12H,4-6,8,16H2,1-3H3,(H2,17,20). The summed E-state index contributed by atoms with van der Waals surface area (Å²) in [5.74, 6) is 0.944. The molecule has 4 N–H and O–H groups in total. The summed E-state index contributed by atoms with van der Waals surface area (Å²) in [5, 5.41) is 0. The molecule has 1 aliphatic heterocycles. The Balaban J connectivity index is 2.47. The molecule has 2 unspecified atom stereocenters. The number of nitrogens with zero attached hydrogens (tertiary/aromatic N) is 2. The highest BCUT2D eigenvalue weighted by molar-refractivity contribution is 5.99. The van der Waals surface area contributed by atoms with E-state index in [2.05, 4.69) is 16.8 Å². The Hall–Kier alpha value is -1.62. The van der Waals surface area contributed by atoms with Gasteiger partial charge in [0.05, 0.1) is 5.56 Å². The van der Waals surface area contributed by atoms with Crippen LogP contribution in [0.4, 0.5) is 5.82 Å². The molecule has 1 aromatic rings. The molecule has 0 aromatic carbocycles. The predicted octanol–water partition coefficient (Wildman–Crippen LogP) is 1.36. The van der Waals surface area contributed by atoms with Gasteiger partial charge in [0.15, 0.2) is 0 Å². The lowest BCUT2D eigenvalue weighted by Gasteiger charge is -2.39. The van der Waals surface area contributed by atoms with Crippen LogP contribution in [-0.4, -0.2) is 30.0 Å². The number of hydrogen-bond acceptors (Lipinski definition) is 4. The molecule has 5 heteroatoms. The fourth-order valence-corrected chi connectivity index (χ4v) is 3.08. The van der Waals surface area contributed by atoms with Crippen molar-refractivity contribution < 1.29 is 4.79 Å². The Kier molecular flexibility index (Phi) is 4.28. The number of rotatable bonds is 3. The molecule has 0 bridgehead atoms. The van der Waals surface area contributed by atoms with Crippen molar-refractivity contribution in [2.45, 2.75) is 39.7 Å². The highest BCUT2D eigenvalue weighted by atomic mass is 16.1. The fourth-order valence-electron chi connectivity index (χ4n) is 3.08. The Morgan fingerprint density at radius 3 is 2.80 bits per heavy atom. The van der Waals surface area contributed by atoms with Crippen LogP contribution in [0.25, 0.3) is 0 Å². The van der Waals surface area contributed by atoms with Crippen LogP contribution < -0.4 is 16.4 Å². The number of pyridine rings is 1. The van der Waals surface area contributed by atoms with Crippen LogP contribution in [0.15, 0.2) is 6.07 Å². The SMILES string of the molecule is Cc1cc(C)c(C(N)=O)c(N2CCC(C)CC2CN)n1. The second-order valence-corrected chi connectivity index (χ2v) is 5.86. The third-order valence-electron chi connectivity index (χ3n) is 4.09. The van der Waals surface area contributed by atoms with E-state index in [0.717, 1.165) is 30.6 Å². The quantitative estimate of drug-likeness (QED) is 0.873. The summed E-state index contributed by atoms with van der Waals surface area (Å²) in [6.07, 6.45) is 2.12. The Morgan fingerprint density at radius 1 is 1.50 bits per heavy atom. The van der Waals surface area contributed by atoms with Gasteiger partial charge < -0.3 is 16.4 Å². The minimum absolute atomic E-state index is 0.227. The largest absolute Gasteiger partial charge is 0.365 e. The number of anilines is 1. The molecule has 1 aliphatic rings. The van der Waals surface area contributed by atoms with E-state index in [0.29, 0.717) is 23.8 Å². The Labute approximate surface area is 120 Å². The van der Waals surface area contributed by atoms with Crippen LogP contribution in [0.2, 0.25) is 0 Å². The number of aryl methyl sites for hydroxylation is 2. The van der Waals surface area contributed by atoms with Crippen molar-refractivity contribution in [3.05, 3.63) is 22.9 Å². The highest BCUT2D eigenvalue weighted by Crippen LogP contribution is 2.30. The van der Waals surface area contributed by atoms with Crippen molar-refractivity contribution in [3.8, 4) is 0 Å². The summed E-state index contributed by atoms with van der Waals surface area (Å²) in [6, 6.07) is 2.12. The zero-order chi connectivity index (χ0) is 14.9. The normalized spacial score (nSPS) is 22.9. The summed E-state index contributed by atoms with van der Waals surface area (Å²) in [7, 11) is 0. The number of piperidine rings is 1. The maximum absolute atomic E-state index is 11.8. The second-order valence-electron chi connectivity index (χ2n) is 5.86. The molecule has 2 rings (SSSR count). The average molecular weight is 276 g/mol. The number of carbonyl (C=O) groups is 1. The first-order valence-corrected chi connectivity index (χ1v) is 7.18. The third-order valence-corrected chi connectivity index (χ3v) is 4.09. The molecule has 1 fully saturated rings. The molecular weight excluding hydrogens is 252 g/mol. The first-order valence-electron chi connectivity index (χ1n) is 7.18. The topological polar surface area (TPSA) is 85.2 Å².